The van der Waals surface area contributed by atoms with Crippen molar-refractivity contribution in [2.24, 2.45) is 0 Å². The number of aryl methyl sites for hydroxylation is 1. The number of thioether (sulfide) groups is 1. The monoisotopic (exact) mass is 861 g/mol. The van der Waals surface area contributed by atoms with Crippen molar-refractivity contribution in [1.82, 2.24) is 0 Å². The molecule has 1 nitrogen and oxygen atoms in total. The average Bonchev–Trinajstić information content (AvgIpc) is 3.45. The zero-order valence-electron chi connectivity index (χ0n) is 38.5. The largest absolute Gasteiger partial charge is 0.335 e. The van der Waals surface area contributed by atoms with E-state index >= 15 is 0 Å². The van der Waals surface area contributed by atoms with Gasteiger partial charge in [0.2, 0.25) is 0 Å². The normalized spacial score (nSPS) is 15.6. The molecule has 0 spiro atoms. The first kappa shape index (κ1) is 44.7. The zero-order chi connectivity index (χ0) is 45.1. The molecule has 0 unspecified atom stereocenters. The van der Waals surface area contributed by atoms with Crippen LogP contribution in [0.5, 0.6) is 0 Å². The lowest BCUT2D eigenvalue weighted by Crippen LogP contribution is -2.26. The molecule has 2 aliphatic rings. The highest BCUT2D eigenvalue weighted by atomic mass is 32.2. The fourth-order valence-electron chi connectivity index (χ4n) is 8.99. The molecular weight excluding hydrogens is 803 g/mol. The lowest BCUT2D eigenvalue weighted by Gasteiger charge is -2.31. The molecule has 322 valence electrons. The Bertz CT molecular complexity index is 3050. The van der Waals surface area contributed by atoms with Crippen LogP contribution in [-0.2, 0) is 6.42 Å². The van der Waals surface area contributed by atoms with Gasteiger partial charge in [-0.25, -0.2) is 0 Å². The van der Waals surface area contributed by atoms with Crippen molar-refractivity contribution in [3.8, 4) is 0 Å². The second-order valence-corrected chi connectivity index (χ2v) is 17.4. The van der Waals surface area contributed by atoms with Gasteiger partial charge >= 0.3 is 0 Å². The molecule has 1 aliphatic carbocycles. The first-order valence-electron chi connectivity index (χ1n) is 23.1. The van der Waals surface area contributed by atoms with Crippen molar-refractivity contribution in [2.75, 3.05) is 10.7 Å². The molecule has 7 aromatic rings. The van der Waals surface area contributed by atoms with E-state index in [0.717, 1.165) is 35.5 Å². The van der Waals surface area contributed by atoms with Gasteiger partial charge in [-0.1, -0.05) is 203 Å². The van der Waals surface area contributed by atoms with E-state index in [2.05, 4.69) is 245 Å². The van der Waals surface area contributed by atoms with Gasteiger partial charge in [-0.2, -0.15) is 0 Å². The van der Waals surface area contributed by atoms with E-state index in [1.807, 2.05) is 25.6 Å². The fraction of sp³-hybridized carbons (Fsp3) is 0.143. The van der Waals surface area contributed by atoms with Crippen molar-refractivity contribution in [3.05, 3.63) is 246 Å². The lowest BCUT2D eigenvalue weighted by atomic mass is 9.86. The van der Waals surface area contributed by atoms with Crippen molar-refractivity contribution in [2.45, 2.75) is 58.4 Å². The van der Waals surface area contributed by atoms with Crippen LogP contribution < -0.4 is 4.90 Å². The first-order valence-corrected chi connectivity index (χ1v) is 24.1. The molecule has 0 aromatic heterocycles. The Morgan fingerprint density at radius 2 is 1.43 bits per heavy atom. The van der Waals surface area contributed by atoms with E-state index in [0.29, 0.717) is 0 Å². The molecule has 0 radical (unpaired) electrons. The molecule has 0 bridgehead atoms. The maximum absolute atomic E-state index is 4.42. The average molecular weight is 862 g/mol. The van der Waals surface area contributed by atoms with Crippen molar-refractivity contribution in [3.63, 3.8) is 0 Å². The third-order valence-electron chi connectivity index (χ3n) is 12.4. The molecule has 0 fully saturated rings. The Morgan fingerprint density at radius 1 is 0.677 bits per heavy atom. The van der Waals surface area contributed by atoms with Crippen molar-refractivity contribution < 1.29 is 0 Å². The quantitative estimate of drug-likeness (QED) is 0.126. The standard InChI is InChI=1S/C61H53NS.C2H6/c1-5-46(29-26-45-27-30-48-17-9-10-19-52(48)40-45)53-20-14-21-56(41-53)62(44(4)25-28-47(6-2)59-24-15-23-57-43(3)16-8-7-13-39-63-61(57)59)55-37-35-49(36-38-55)54-34-33-51-32-31-50-18-11-12-22-58(50)60(51)42-54;1-2/h5-32,35-38,40-42,44H,3,33-34,39H2,1-2,4H3;1-2H3/b13-7-,16-8-,28-25-,29-26-,46-5+,47-6+;/t44-;/m0./s1. The van der Waals surface area contributed by atoms with Crippen LogP contribution in [0.3, 0.4) is 0 Å². The summed E-state index contributed by atoms with van der Waals surface area (Å²) in [5.74, 6) is 0.907. The summed E-state index contributed by atoms with van der Waals surface area (Å²) < 4.78 is 0. The molecule has 0 amide bonds. The maximum Gasteiger partial charge on any atom is 0.0497 e. The summed E-state index contributed by atoms with van der Waals surface area (Å²) in [6.07, 6.45) is 26.6. The maximum atomic E-state index is 4.42. The molecule has 0 saturated carbocycles. The van der Waals surface area contributed by atoms with Crippen LogP contribution in [0.25, 0.3) is 56.0 Å². The summed E-state index contributed by atoms with van der Waals surface area (Å²) in [6, 6.07) is 53.4. The van der Waals surface area contributed by atoms with E-state index in [1.165, 1.54) is 82.1 Å². The summed E-state index contributed by atoms with van der Waals surface area (Å²) in [6.45, 7) is 15.0. The Kier molecular flexibility index (Phi) is 14.6. The van der Waals surface area contributed by atoms with Gasteiger partial charge in [-0.3, -0.25) is 0 Å². The number of rotatable bonds is 10. The van der Waals surface area contributed by atoms with Crippen LogP contribution in [0.2, 0.25) is 0 Å². The first-order chi connectivity index (χ1) is 32.0. The van der Waals surface area contributed by atoms with Crippen LogP contribution in [0, 0.1) is 0 Å². The van der Waals surface area contributed by atoms with Gasteiger partial charge in [0.1, 0.15) is 0 Å². The van der Waals surface area contributed by atoms with Crippen LogP contribution in [0.4, 0.5) is 11.4 Å². The predicted molar refractivity (Wildman–Crippen MR) is 290 cm³/mol. The van der Waals surface area contributed by atoms with E-state index < -0.39 is 0 Å². The number of allylic oxidation sites excluding steroid dienone is 11. The highest BCUT2D eigenvalue weighted by Crippen LogP contribution is 2.39. The van der Waals surface area contributed by atoms with Crippen molar-refractivity contribution in [1.29, 1.82) is 0 Å². The topological polar surface area (TPSA) is 3.24 Å². The fourth-order valence-corrected chi connectivity index (χ4v) is 10.1. The number of hydrogen-bond donors (Lipinski definition) is 0. The molecule has 1 heterocycles. The Labute approximate surface area is 392 Å². The van der Waals surface area contributed by atoms with Crippen LogP contribution in [0.15, 0.2) is 212 Å². The minimum atomic E-state index is 0.0255. The molecular formula is C63H59NS. The predicted octanol–water partition coefficient (Wildman–Crippen LogP) is 18.0. The van der Waals surface area contributed by atoms with Crippen molar-refractivity contribution >= 4 is 79.1 Å². The van der Waals surface area contributed by atoms with Crippen LogP contribution in [-0.4, -0.2) is 11.8 Å². The summed E-state index contributed by atoms with van der Waals surface area (Å²) in [4.78, 5) is 3.74. The van der Waals surface area contributed by atoms with Gasteiger partial charge < -0.3 is 4.90 Å². The number of anilines is 2. The molecule has 9 rings (SSSR count). The molecule has 2 heteroatoms. The SMILES string of the molecule is C=C1/C=C\C=C/CSc2c1cccc2C(/C=C\[C@H](C)N(c1ccc(C2=Cc3c(ccc4ccccc34)CC2)cc1)c1cccc(C(/C=C\c2ccc3ccccc3c2)=C/C)c1)=C/C.CC. The lowest BCUT2D eigenvalue weighted by molar-refractivity contribution is 0.864. The minimum Gasteiger partial charge on any atom is -0.335 e. The summed E-state index contributed by atoms with van der Waals surface area (Å²) >= 11 is 1.88. The van der Waals surface area contributed by atoms with E-state index in [9.17, 15) is 0 Å². The highest BCUT2D eigenvalue weighted by Gasteiger charge is 2.19. The van der Waals surface area contributed by atoms with Crippen LogP contribution in [0.1, 0.15) is 80.0 Å². The molecule has 0 N–H and O–H groups in total. The van der Waals surface area contributed by atoms with Gasteiger partial charge in [0.15, 0.2) is 0 Å². The Hall–Kier alpha value is -6.87. The van der Waals surface area contributed by atoms with Gasteiger partial charge in [-0.15, -0.1) is 11.8 Å². The smallest absolute Gasteiger partial charge is 0.0497 e. The van der Waals surface area contributed by atoms with E-state index in [-0.39, 0.29) is 6.04 Å². The van der Waals surface area contributed by atoms with E-state index in [1.54, 1.807) is 0 Å². The Balaban J connectivity index is 0.00000284. The van der Waals surface area contributed by atoms with Gasteiger partial charge in [0.25, 0.3) is 0 Å². The summed E-state index contributed by atoms with van der Waals surface area (Å²) in [5, 5.41) is 5.13. The minimum absolute atomic E-state index is 0.0255. The molecule has 7 aromatic carbocycles. The second kappa shape index (κ2) is 21.2. The van der Waals surface area contributed by atoms with Gasteiger partial charge in [-0.05, 0) is 147 Å². The number of hydrogen-bond acceptors (Lipinski definition) is 2. The summed E-state index contributed by atoms with van der Waals surface area (Å²) in [7, 11) is 0. The Morgan fingerprint density at radius 3 is 2.25 bits per heavy atom. The molecule has 65 heavy (non-hydrogen) atoms. The third-order valence-corrected chi connectivity index (χ3v) is 13.5. The van der Waals surface area contributed by atoms with Crippen LogP contribution >= 0.6 is 11.8 Å². The molecule has 1 atom stereocenters. The second-order valence-electron chi connectivity index (χ2n) is 16.3. The number of benzene rings is 7. The third kappa shape index (κ3) is 10.1. The zero-order valence-corrected chi connectivity index (χ0v) is 39.3. The van der Waals surface area contributed by atoms with Gasteiger partial charge in [0, 0.05) is 28.1 Å². The number of fused-ring (bicyclic) bond motifs is 5. The summed E-state index contributed by atoms with van der Waals surface area (Å²) in [5.41, 5.74) is 15.9. The molecule has 0 saturated heterocycles. The molecule has 1 aliphatic heterocycles. The number of nitrogens with zero attached hydrogens (tertiary/aromatic N) is 1. The van der Waals surface area contributed by atoms with E-state index in [4.69, 9.17) is 0 Å². The van der Waals surface area contributed by atoms with Gasteiger partial charge in [0.05, 0.1) is 0 Å². The highest BCUT2D eigenvalue weighted by molar-refractivity contribution is 7.99.